The number of hydrogen-bond acceptors (Lipinski definition) is 4. The van der Waals surface area contributed by atoms with E-state index in [4.69, 9.17) is 0 Å². The summed E-state index contributed by atoms with van der Waals surface area (Å²) in [6.07, 6.45) is 0.739. The van der Waals surface area contributed by atoms with Gasteiger partial charge in [0.2, 0.25) is 5.91 Å². The second-order valence-electron chi connectivity index (χ2n) is 4.85. The van der Waals surface area contributed by atoms with E-state index in [1.807, 2.05) is 37.3 Å². The number of carbonyl (C=O) groups is 1. The van der Waals surface area contributed by atoms with Crippen LogP contribution in [0.1, 0.15) is 19.4 Å². The third-order valence-corrected chi connectivity index (χ3v) is 4.28. The maximum atomic E-state index is 11.9. The molecule has 0 saturated carbocycles. The van der Waals surface area contributed by atoms with Gasteiger partial charge in [-0.25, -0.2) is 9.89 Å². The lowest BCUT2D eigenvalue weighted by Gasteiger charge is -2.11. The summed E-state index contributed by atoms with van der Waals surface area (Å²) in [6.45, 7) is 4.80. The molecule has 2 aromatic rings. The second-order valence-corrected chi connectivity index (χ2v) is 6.16. The van der Waals surface area contributed by atoms with E-state index in [1.54, 1.807) is 11.5 Å². The van der Waals surface area contributed by atoms with Crippen molar-refractivity contribution >= 4 is 17.7 Å². The molecule has 1 atom stereocenters. The highest BCUT2D eigenvalue weighted by molar-refractivity contribution is 8.00. The van der Waals surface area contributed by atoms with Gasteiger partial charge < -0.3 is 5.32 Å². The van der Waals surface area contributed by atoms with Crippen LogP contribution in [0.5, 0.6) is 0 Å². The Bertz CT molecular complexity index is 666. The van der Waals surface area contributed by atoms with Crippen LogP contribution in [0.15, 0.2) is 40.3 Å². The first-order valence-corrected chi connectivity index (χ1v) is 8.13. The van der Waals surface area contributed by atoms with Crippen molar-refractivity contribution in [2.24, 2.45) is 0 Å². The fourth-order valence-corrected chi connectivity index (χ4v) is 2.91. The third kappa shape index (κ3) is 4.24. The Morgan fingerprint density at radius 1 is 1.41 bits per heavy atom. The van der Waals surface area contributed by atoms with Crippen molar-refractivity contribution in [2.75, 3.05) is 6.54 Å². The van der Waals surface area contributed by atoms with E-state index in [0.29, 0.717) is 18.2 Å². The standard InChI is InChI=1S/C15H20N4O2S/c1-3-16-13(20)11(2)22-15-18-17-14(21)19(15)10-9-12-7-5-4-6-8-12/h4-8,11H,3,9-10H2,1-2H3,(H,16,20)(H,17,21)/t11-/m0/s1. The van der Waals surface area contributed by atoms with E-state index < -0.39 is 0 Å². The van der Waals surface area contributed by atoms with Gasteiger partial charge in [-0.15, -0.1) is 5.10 Å². The molecule has 1 amide bonds. The number of aromatic amines is 1. The number of amides is 1. The van der Waals surface area contributed by atoms with Crippen LogP contribution in [0.3, 0.4) is 0 Å². The molecular formula is C15H20N4O2S. The summed E-state index contributed by atoms with van der Waals surface area (Å²) in [6, 6.07) is 9.95. The minimum absolute atomic E-state index is 0.0578. The molecule has 0 aliphatic carbocycles. The maximum absolute atomic E-state index is 11.9. The van der Waals surface area contributed by atoms with Crippen LogP contribution in [0.2, 0.25) is 0 Å². The number of rotatable bonds is 7. The molecule has 7 heteroatoms. The molecule has 6 nitrogen and oxygen atoms in total. The van der Waals surface area contributed by atoms with E-state index in [-0.39, 0.29) is 16.8 Å². The third-order valence-electron chi connectivity index (χ3n) is 3.19. The smallest absolute Gasteiger partial charge is 0.343 e. The number of aryl methyl sites for hydroxylation is 1. The van der Waals surface area contributed by atoms with Gasteiger partial charge in [-0.3, -0.25) is 9.36 Å². The Balaban J connectivity index is 2.04. The Kier molecular flexibility index (Phi) is 5.83. The van der Waals surface area contributed by atoms with Gasteiger partial charge >= 0.3 is 5.69 Å². The number of aromatic nitrogens is 3. The number of benzene rings is 1. The topological polar surface area (TPSA) is 79.8 Å². The van der Waals surface area contributed by atoms with Gasteiger partial charge in [-0.1, -0.05) is 42.1 Å². The Morgan fingerprint density at radius 3 is 2.82 bits per heavy atom. The van der Waals surface area contributed by atoms with Crippen molar-refractivity contribution in [3.8, 4) is 0 Å². The minimum Gasteiger partial charge on any atom is -0.355 e. The maximum Gasteiger partial charge on any atom is 0.343 e. The average Bonchev–Trinajstić information content (AvgIpc) is 2.86. The highest BCUT2D eigenvalue weighted by Crippen LogP contribution is 2.20. The molecule has 0 unspecified atom stereocenters. The first-order chi connectivity index (χ1) is 10.6. The highest BCUT2D eigenvalue weighted by Gasteiger charge is 2.18. The van der Waals surface area contributed by atoms with E-state index in [9.17, 15) is 9.59 Å². The van der Waals surface area contributed by atoms with E-state index in [1.165, 1.54) is 11.8 Å². The largest absolute Gasteiger partial charge is 0.355 e. The molecule has 2 N–H and O–H groups in total. The lowest BCUT2D eigenvalue weighted by molar-refractivity contribution is -0.120. The molecule has 1 aromatic carbocycles. The molecule has 0 bridgehead atoms. The lowest BCUT2D eigenvalue weighted by Crippen LogP contribution is -2.31. The van der Waals surface area contributed by atoms with Crippen molar-refractivity contribution in [3.05, 3.63) is 46.4 Å². The van der Waals surface area contributed by atoms with Crippen LogP contribution in [0.4, 0.5) is 0 Å². The summed E-state index contributed by atoms with van der Waals surface area (Å²) in [4.78, 5) is 23.7. The summed E-state index contributed by atoms with van der Waals surface area (Å²) < 4.78 is 1.58. The Morgan fingerprint density at radius 2 is 2.14 bits per heavy atom. The van der Waals surface area contributed by atoms with Crippen LogP contribution in [-0.4, -0.2) is 32.5 Å². The second kappa shape index (κ2) is 7.84. The predicted molar refractivity (Wildman–Crippen MR) is 87.0 cm³/mol. The number of H-pyrrole nitrogens is 1. The molecule has 0 saturated heterocycles. The van der Waals surface area contributed by atoms with Crippen molar-refractivity contribution in [1.82, 2.24) is 20.1 Å². The molecule has 0 radical (unpaired) electrons. The summed E-state index contributed by atoms with van der Waals surface area (Å²) in [7, 11) is 0. The molecule has 0 aliphatic rings. The molecule has 0 aliphatic heterocycles. The van der Waals surface area contributed by atoms with Crippen LogP contribution >= 0.6 is 11.8 Å². The first-order valence-electron chi connectivity index (χ1n) is 7.25. The normalized spacial score (nSPS) is 12.1. The molecule has 22 heavy (non-hydrogen) atoms. The predicted octanol–water partition coefficient (Wildman–Crippen LogP) is 1.43. The van der Waals surface area contributed by atoms with Gasteiger partial charge in [0.1, 0.15) is 0 Å². The van der Waals surface area contributed by atoms with Crippen LogP contribution < -0.4 is 11.0 Å². The summed E-state index contributed by atoms with van der Waals surface area (Å²) in [5, 5.41) is 9.48. The zero-order valence-electron chi connectivity index (χ0n) is 12.7. The van der Waals surface area contributed by atoms with E-state index in [0.717, 1.165) is 12.0 Å². The van der Waals surface area contributed by atoms with Gasteiger partial charge in [-0.05, 0) is 25.8 Å². The van der Waals surface area contributed by atoms with Crippen LogP contribution in [0.25, 0.3) is 0 Å². The number of carbonyl (C=O) groups excluding carboxylic acids is 1. The lowest BCUT2D eigenvalue weighted by atomic mass is 10.1. The molecule has 0 spiro atoms. The average molecular weight is 320 g/mol. The first kappa shape index (κ1) is 16.4. The summed E-state index contributed by atoms with van der Waals surface area (Å²) in [5.41, 5.74) is 0.907. The van der Waals surface area contributed by atoms with Crippen LogP contribution in [0, 0.1) is 0 Å². The van der Waals surface area contributed by atoms with Gasteiger partial charge in [-0.2, -0.15) is 0 Å². The van der Waals surface area contributed by atoms with Crippen molar-refractivity contribution in [2.45, 2.75) is 37.2 Å². The zero-order chi connectivity index (χ0) is 15.9. The number of nitrogens with zero attached hydrogens (tertiary/aromatic N) is 2. The molecule has 118 valence electrons. The van der Waals surface area contributed by atoms with E-state index in [2.05, 4.69) is 15.5 Å². The van der Waals surface area contributed by atoms with Crippen molar-refractivity contribution < 1.29 is 4.79 Å². The molecule has 1 heterocycles. The molecular weight excluding hydrogens is 300 g/mol. The van der Waals surface area contributed by atoms with Gasteiger partial charge in [0.25, 0.3) is 0 Å². The Hall–Kier alpha value is -2.02. The SMILES string of the molecule is CCNC(=O)[C@H](C)Sc1n[nH]c(=O)n1CCc1ccccc1. The monoisotopic (exact) mass is 320 g/mol. The van der Waals surface area contributed by atoms with Gasteiger partial charge in [0.15, 0.2) is 5.16 Å². The van der Waals surface area contributed by atoms with Gasteiger partial charge in [0, 0.05) is 13.1 Å². The summed E-state index contributed by atoms with van der Waals surface area (Å²) >= 11 is 1.28. The van der Waals surface area contributed by atoms with Crippen LogP contribution in [-0.2, 0) is 17.8 Å². The van der Waals surface area contributed by atoms with Crippen molar-refractivity contribution in [1.29, 1.82) is 0 Å². The van der Waals surface area contributed by atoms with Crippen molar-refractivity contribution in [3.63, 3.8) is 0 Å². The molecule has 1 aromatic heterocycles. The molecule has 2 rings (SSSR count). The minimum atomic E-state index is -0.300. The Labute approximate surface area is 133 Å². The number of thioether (sulfide) groups is 1. The zero-order valence-corrected chi connectivity index (χ0v) is 13.5. The number of nitrogens with one attached hydrogen (secondary N) is 2. The van der Waals surface area contributed by atoms with E-state index >= 15 is 0 Å². The molecule has 0 fully saturated rings. The highest BCUT2D eigenvalue weighted by atomic mass is 32.2. The summed E-state index contributed by atoms with van der Waals surface area (Å²) in [5.74, 6) is -0.0578. The number of hydrogen-bond donors (Lipinski definition) is 2. The quantitative estimate of drug-likeness (QED) is 0.756. The van der Waals surface area contributed by atoms with Gasteiger partial charge in [0.05, 0.1) is 5.25 Å². The fraction of sp³-hybridized carbons (Fsp3) is 0.400. The fourth-order valence-electron chi connectivity index (χ4n) is 2.01.